The Morgan fingerprint density at radius 2 is 0.667 bits per heavy atom. The van der Waals surface area contributed by atoms with Gasteiger partial charge < -0.3 is 0 Å². The summed E-state index contributed by atoms with van der Waals surface area (Å²) in [7, 11) is 8.06. The van der Waals surface area contributed by atoms with Crippen molar-refractivity contribution in [2.45, 2.75) is 0 Å². The Bertz CT molecular complexity index is 15.5. The normalized spacial score (nSPS) is 40.0. The fourth-order valence-electron chi connectivity index (χ4n) is 0.0894. The molecule has 1 rings (SSSR count). The standard InChI is InChI=1S/Na.P5/c;1-2-4-5-3-1/q+1;. The van der Waals surface area contributed by atoms with E-state index in [1.165, 1.54) is 0 Å². The van der Waals surface area contributed by atoms with Crippen molar-refractivity contribution in [3.8, 4) is 0 Å². The van der Waals surface area contributed by atoms with Gasteiger partial charge in [0.05, 0.1) is 0 Å². The van der Waals surface area contributed by atoms with Crippen LogP contribution in [0.15, 0.2) is 0 Å². The Kier molecular flexibility index (Phi) is 9.57. The van der Waals surface area contributed by atoms with Crippen molar-refractivity contribution < 1.29 is 29.6 Å². The van der Waals surface area contributed by atoms with Crippen LogP contribution in [0.1, 0.15) is 0 Å². The van der Waals surface area contributed by atoms with Crippen molar-refractivity contribution in [2.75, 3.05) is 0 Å². The second-order valence-electron chi connectivity index (χ2n) is 0.447. The summed E-state index contributed by atoms with van der Waals surface area (Å²) in [5, 5.41) is 0. The monoisotopic (exact) mass is 178 g/mol. The summed E-state index contributed by atoms with van der Waals surface area (Å²) < 4.78 is 0. The first-order chi connectivity index (χ1) is 2.50. The second-order valence-corrected chi connectivity index (χ2v) is 12.1. The van der Waals surface area contributed by atoms with Gasteiger partial charge in [-0.2, -0.15) is 0 Å². The van der Waals surface area contributed by atoms with Crippen LogP contribution in [0.25, 0.3) is 0 Å². The van der Waals surface area contributed by atoms with Crippen molar-refractivity contribution >= 4 is 39.8 Å². The number of rotatable bonds is 0. The van der Waals surface area contributed by atoms with Crippen LogP contribution in [0, 0.1) is 0 Å². The van der Waals surface area contributed by atoms with Crippen LogP contribution in [0.3, 0.4) is 0 Å². The predicted molar refractivity (Wildman–Crippen MR) is 34.6 cm³/mol. The maximum atomic E-state index is 1.61. The molecule has 0 aromatic carbocycles. The van der Waals surface area contributed by atoms with Crippen LogP contribution in [0.4, 0.5) is 0 Å². The van der Waals surface area contributed by atoms with Crippen LogP contribution in [-0.2, 0) is 0 Å². The van der Waals surface area contributed by atoms with E-state index in [4.69, 9.17) is 0 Å². The van der Waals surface area contributed by atoms with Gasteiger partial charge in [-0.25, -0.2) is 0 Å². The van der Waals surface area contributed by atoms with Crippen molar-refractivity contribution in [3.63, 3.8) is 0 Å². The Labute approximate surface area is 68.8 Å². The molecule has 0 bridgehead atoms. The van der Waals surface area contributed by atoms with E-state index < -0.39 is 0 Å². The molecular formula is NaP5+. The molecule has 1 saturated heterocycles. The molecule has 5 radical (unpaired) electrons. The Hall–Kier alpha value is 3.15. The van der Waals surface area contributed by atoms with Gasteiger partial charge in [0.15, 0.2) is 0 Å². The van der Waals surface area contributed by atoms with Gasteiger partial charge in [-0.05, 0) is 0 Å². The van der Waals surface area contributed by atoms with E-state index in [-0.39, 0.29) is 29.6 Å². The van der Waals surface area contributed by atoms with Gasteiger partial charge in [-0.1, -0.05) is 0 Å². The maximum Gasteiger partial charge on any atom is 1.00 e. The molecule has 1 fully saturated rings. The van der Waals surface area contributed by atoms with Gasteiger partial charge in [0.1, 0.15) is 0 Å². The summed E-state index contributed by atoms with van der Waals surface area (Å²) in [6.45, 7) is 0. The minimum atomic E-state index is 0. The summed E-state index contributed by atoms with van der Waals surface area (Å²) in [5.74, 6) is 0. The van der Waals surface area contributed by atoms with E-state index in [0.717, 1.165) is 0 Å². The molecule has 0 aromatic heterocycles. The van der Waals surface area contributed by atoms with Gasteiger partial charge in [-0.15, -0.1) is 0 Å². The third-order valence-electron chi connectivity index (χ3n) is 0.200. The summed E-state index contributed by atoms with van der Waals surface area (Å²) >= 11 is 0. The quantitative estimate of drug-likeness (QED) is 0.387. The molecule has 1 aliphatic heterocycles. The zero-order valence-corrected chi connectivity index (χ0v) is 9.71. The van der Waals surface area contributed by atoms with Crippen LogP contribution >= 0.6 is 39.8 Å². The number of hydrogen-bond donors (Lipinski definition) is 0. The second kappa shape index (κ2) is 6.27. The molecule has 1 aliphatic rings. The molecule has 0 N–H and O–H groups in total. The van der Waals surface area contributed by atoms with E-state index in [1.54, 1.807) is 39.8 Å². The predicted octanol–water partition coefficient (Wildman–Crippen LogP) is 1.31. The van der Waals surface area contributed by atoms with Crippen molar-refractivity contribution in [2.24, 2.45) is 0 Å². The molecule has 0 atom stereocenters. The number of hydrogen-bond acceptors (Lipinski definition) is 0. The molecule has 0 nitrogen and oxygen atoms in total. The molecular weight excluding hydrogens is 178 g/mol. The summed E-state index contributed by atoms with van der Waals surface area (Å²) in [6, 6.07) is 0. The molecule has 6 heteroatoms. The fraction of sp³-hybridized carbons (Fsp3) is 0. The largest absolute Gasteiger partial charge is 1.00 e. The van der Waals surface area contributed by atoms with E-state index >= 15 is 0 Å². The molecule has 0 unspecified atom stereocenters. The molecule has 0 aliphatic carbocycles. The zero-order valence-electron chi connectivity index (χ0n) is 3.24. The average molecular weight is 178 g/mol. The molecule has 0 spiro atoms. The summed E-state index contributed by atoms with van der Waals surface area (Å²) in [6.07, 6.45) is 0. The van der Waals surface area contributed by atoms with E-state index in [9.17, 15) is 0 Å². The van der Waals surface area contributed by atoms with E-state index in [1.807, 2.05) is 0 Å². The Morgan fingerprint density at radius 3 is 0.833 bits per heavy atom. The average Bonchev–Trinajstić information content (AvgIpc) is 1.76. The summed E-state index contributed by atoms with van der Waals surface area (Å²) in [4.78, 5) is 0. The molecule has 0 aromatic rings. The van der Waals surface area contributed by atoms with Gasteiger partial charge in [0.2, 0.25) is 0 Å². The van der Waals surface area contributed by atoms with Gasteiger partial charge >= 0.3 is 29.6 Å². The minimum absolute atomic E-state index is 0. The van der Waals surface area contributed by atoms with Gasteiger partial charge in [-0.3, -0.25) is 0 Å². The Morgan fingerprint density at radius 1 is 0.500 bits per heavy atom. The maximum absolute atomic E-state index is 1.61. The first-order valence-electron chi connectivity index (χ1n) is 1.000. The van der Waals surface area contributed by atoms with Crippen LogP contribution < -0.4 is 29.6 Å². The minimum Gasteiger partial charge on any atom is 0 e. The molecule has 25 valence electrons. The fourth-order valence-corrected chi connectivity index (χ4v) is 21.7. The van der Waals surface area contributed by atoms with Crippen molar-refractivity contribution in [3.05, 3.63) is 0 Å². The van der Waals surface area contributed by atoms with E-state index in [0.29, 0.717) is 0 Å². The SMILES string of the molecule is [Na+].[P]1[P][P][P][P]1. The van der Waals surface area contributed by atoms with Crippen molar-refractivity contribution in [1.82, 2.24) is 0 Å². The van der Waals surface area contributed by atoms with Crippen LogP contribution in [0.2, 0.25) is 0 Å². The Balaban J connectivity index is 0.000000250. The zero-order chi connectivity index (χ0) is 3.54. The van der Waals surface area contributed by atoms with Crippen LogP contribution in [-0.4, -0.2) is 0 Å². The van der Waals surface area contributed by atoms with E-state index in [2.05, 4.69) is 0 Å². The smallest absolute Gasteiger partial charge is 0 e. The first-order valence-corrected chi connectivity index (χ1v) is 9.00. The summed E-state index contributed by atoms with van der Waals surface area (Å²) in [5.41, 5.74) is 0. The third kappa shape index (κ3) is 4.07. The topological polar surface area (TPSA) is 0 Å². The molecule has 1 heterocycles. The van der Waals surface area contributed by atoms with Gasteiger partial charge in [0.25, 0.3) is 0 Å². The molecule has 0 amide bonds. The molecule has 6 heavy (non-hydrogen) atoms. The molecule has 0 saturated carbocycles. The third-order valence-corrected chi connectivity index (χ3v) is 16.2. The van der Waals surface area contributed by atoms with Crippen LogP contribution in [0.5, 0.6) is 0 Å². The van der Waals surface area contributed by atoms with Crippen molar-refractivity contribution in [1.29, 1.82) is 0 Å². The van der Waals surface area contributed by atoms with Gasteiger partial charge in [0, 0.05) is 39.8 Å². The first kappa shape index (κ1) is 9.15.